The van der Waals surface area contributed by atoms with Crippen molar-refractivity contribution in [2.24, 2.45) is 0 Å². The number of nitrogens with one attached hydrogen (secondary N) is 2. The first kappa shape index (κ1) is 18.4. The molecule has 0 fully saturated rings. The third-order valence-electron chi connectivity index (χ3n) is 3.75. The van der Waals surface area contributed by atoms with Gasteiger partial charge >= 0.3 is 6.03 Å². The first-order valence-electron chi connectivity index (χ1n) is 8.09. The molecule has 0 unspecified atom stereocenters. The number of carbonyl (C=O) groups excluding carboxylic acids is 1. The minimum absolute atomic E-state index is 0.0815. The number of benzene rings is 1. The molecule has 0 saturated carbocycles. The maximum absolute atomic E-state index is 12.0. The van der Waals surface area contributed by atoms with Gasteiger partial charge in [-0.25, -0.2) is 4.79 Å². The lowest BCUT2D eigenvalue weighted by Crippen LogP contribution is -2.27. The molecule has 0 bridgehead atoms. The number of carbonyl (C=O) groups is 1. The average molecular weight is 346 g/mol. The van der Waals surface area contributed by atoms with E-state index in [0.29, 0.717) is 11.4 Å². The third-order valence-corrected chi connectivity index (χ3v) is 3.75. The molecule has 1 heterocycles. The van der Waals surface area contributed by atoms with Crippen LogP contribution in [0, 0.1) is 10.1 Å². The second-order valence-corrected chi connectivity index (χ2v) is 5.41. The van der Waals surface area contributed by atoms with E-state index in [0.717, 1.165) is 26.2 Å². The van der Waals surface area contributed by atoms with Gasteiger partial charge in [0.1, 0.15) is 0 Å². The van der Waals surface area contributed by atoms with Crippen molar-refractivity contribution in [3.05, 3.63) is 46.8 Å². The van der Waals surface area contributed by atoms with E-state index in [1.807, 2.05) is 0 Å². The van der Waals surface area contributed by atoms with Crippen LogP contribution in [0.2, 0.25) is 0 Å². The molecule has 0 radical (unpaired) electrons. The fourth-order valence-electron chi connectivity index (χ4n) is 2.32. The first-order valence-corrected chi connectivity index (χ1v) is 8.09. The van der Waals surface area contributed by atoms with Gasteiger partial charge in [-0.05, 0) is 19.2 Å². The number of rotatable bonds is 8. The van der Waals surface area contributed by atoms with Gasteiger partial charge in [-0.3, -0.25) is 14.8 Å². The lowest BCUT2D eigenvalue weighted by molar-refractivity contribution is -0.384. The number of urea groups is 1. The number of aromatic nitrogens is 2. The van der Waals surface area contributed by atoms with E-state index in [1.54, 1.807) is 23.1 Å². The molecule has 0 atom stereocenters. The maximum Gasteiger partial charge on any atom is 0.323 e. The second kappa shape index (κ2) is 8.78. The summed E-state index contributed by atoms with van der Waals surface area (Å²) >= 11 is 0. The SMILES string of the molecule is CCN(CC)CCn1cc(NC(=O)Nc2cccc([N+](=O)[O-])c2)cn1. The molecule has 1 aromatic carbocycles. The number of nitro benzene ring substituents is 1. The number of hydrogen-bond donors (Lipinski definition) is 2. The highest BCUT2D eigenvalue weighted by Gasteiger charge is 2.09. The van der Waals surface area contributed by atoms with Crippen LogP contribution in [0.5, 0.6) is 0 Å². The largest absolute Gasteiger partial charge is 0.323 e. The summed E-state index contributed by atoms with van der Waals surface area (Å²) < 4.78 is 1.77. The molecule has 0 aliphatic rings. The van der Waals surface area contributed by atoms with Crippen LogP contribution in [0.4, 0.5) is 21.9 Å². The van der Waals surface area contributed by atoms with Crippen LogP contribution in [-0.4, -0.2) is 45.3 Å². The fraction of sp³-hybridized carbons (Fsp3) is 0.375. The van der Waals surface area contributed by atoms with Gasteiger partial charge in [0.05, 0.1) is 23.4 Å². The van der Waals surface area contributed by atoms with Crippen molar-refractivity contribution in [3.8, 4) is 0 Å². The van der Waals surface area contributed by atoms with Crippen LogP contribution in [0.3, 0.4) is 0 Å². The van der Waals surface area contributed by atoms with Gasteiger partial charge in [0.15, 0.2) is 0 Å². The number of nitrogens with zero attached hydrogens (tertiary/aromatic N) is 4. The van der Waals surface area contributed by atoms with Gasteiger partial charge in [0.25, 0.3) is 5.69 Å². The molecular formula is C16H22N6O3. The highest BCUT2D eigenvalue weighted by Crippen LogP contribution is 2.17. The third kappa shape index (κ3) is 5.57. The molecule has 25 heavy (non-hydrogen) atoms. The maximum atomic E-state index is 12.0. The Balaban J connectivity index is 1.88. The molecule has 2 rings (SSSR count). The van der Waals surface area contributed by atoms with E-state index in [4.69, 9.17) is 0 Å². The quantitative estimate of drug-likeness (QED) is 0.565. The Bertz CT molecular complexity index is 726. The predicted molar refractivity (Wildman–Crippen MR) is 95.8 cm³/mol. The lowest BCUT2D eigenvalue weighted by Gasteiger charge is -2.17. The highest BCUT2D eigenvalue weighted by atomic mass is 16.6. The normalized spacial score (nSPS) is 10.7. The van der Waals surface area contributed by atoms with Crippen molar-refractivity contribution in [3.63, 3.8) is 0 Å². The monoisotopic (exact) mass is 346 g/mol. The topological polar surface area (TPSA) is 105 Å². The smallest absolute Gasteiger partial charge is 0.307 e. The minimum atomic E-state index is -0.511. The molecule has 9 nitrogen and oxygen atoms in total. The van der Waals surface area contributed by atoms with Crippen molar-refractivity contribution in [1.82, 2.24) is 14.7 Å². The molecule has 2 N–H and O–H groups in total. The number of anilines is 2. The molecular weight excluding hydrogens is 324 g/mol. The van der Waals surface area contributed by atoms with Crippen molar-refractivity contribution in [2.45, 2.75) is 20.4 Å². The van der Waals surface area contributed by atoms with Crippen molar-refractivity contribution in [2.75, 3.05) is 30.3 Å². The van der Waals surface area contributed by atoms with Crippen LogP contribution >= 0.6 is 0 Å². The molecule has 1 aromatic heterocycles. The van der Waals surface area contributed by atoms with Gasteiger partial charge in [0, 0.05) is 30.6 Å². The Kier molecular flexibility index (Phi) is 6.47. The number of likely N-dealkylation sites (N-methyl/N-ethyl adjacent to an activating group) is 1. The summed E-state index contributed by atoms with van der Waals surface area (Å²) in [6, 6.07) is 5.28. The van der Waals surface area contributed by atoms with Crippen LogP contribution in [-0.2, 0) is 6.54 Å². The van der Waals surface area contributed by atoms with Crippen molar-refractivity contribution < 1.29 is 9.72 Å². The van der Waals surface area contributed by atoms with E-state index < -0.39 is 11.0 Å². The van der Waals surface area contributed by atoms with Gasteiger partial charge < -0.3 is 15.5 Å². The Labute approximate surface area is 145 Å². The van der Waals surface area contributed by atoms with Crippen LogP contribution in [0.25, 0.3) is 0 Å². The van der Waals surface area contributed by atoms with Crippen molar-refractivity contribution in [1.29, 1.82) is 0 Å². The molecule has 0 aliphatic carbocycles. The van der Waals surface area contributed by atoms with Crippen LogP contribution < -0.4 is 10.6 Å². The Morgan fingerprint density at radius 2 is 2.00 bits per heavy atom. The summed E-state index contributed by atoms with van der Waals surface area (Å²) in [4.78, 5) is 24.5. The number of non-ortho nitro benzene ring substituents is 1. The summed E-state index contributed by atoms with van der Waals surface area (Å²) in [6.45, 7) is 7.79. The minimum Gasteiger partial charge on any atom is -0.307 e. The summed E-state index contributed by atoms with van der Waals surface area (Å²) in [5, 5.41) is 20.2. The Morgan fingerprint density at radius 3 is 2.68 bits per heavy atom. The molecule has 134 valence electrons. The van der Waals surface area contributed by atoms with E-state index >= 15 is 0 Å². The Hall–Kier alpha value is -2.94. The Morgan fingerprint density at radius 1 is 1.28 bits per heavy atom. The fourth-order valence-corrected chi connectivity index (χ4v) is 2.32. The summed E-state index contributed by atoms with van der Waals surface area (Å²) in [5.41, 5.74) is 0.824. The van der Waals surface area contributed by atoms with Crippen molar-refractivity contribution >= 4 is 23.1 Å². The average Bonchev–Trinajstić information content (AvgIpc) is 3.03. The lowest BCUT2D eigenvalue weighted by atomic mass is 10.3. The number of nitro groups is 1. The molecule has 2 amide bonds. The van der Waals surface area contributed by atoms with Gasteiger partial charge in [0.2, 0.25) is 0 Å². The summed E-state index contributed by atoms with van der Waals surface area (Å²) in [5.74, 6) is 0. The molecule has 9 heteroatoms. The zero-order chi connectivity index (χ0) is 18.2. The molecule has 0 saturated heterocycles. The standard InChI is InChI=1S/C16H22N6O3/c1-3-20(4-2)8-9-21-12-14(11-17-21)19-16(23)18-13-6-5-7-15(10-13)22(24)25/h5-7,10-12H,3-4,8-9H2,1-2H3,(H2,18,19,23). The van der Waals surface area contributed by atoms with Gasteiger partial charge in [-0.2, -0.15) is 5.10 Å². The highest BCUT2D eigenvalue weighted by molar-refractivity contribution is 5.99. The predicted octanol–water partition coefficient (Wildman–Crippen LogP) is 2.78. The van der Waals surface area contributed by atoms with Crippen LogP contribution in [0.15, 0.2) is 36.7 Å². The number of amides is 2. The summed E-state index contributed by atoms with van der Waals surface area (Å²) in [6.07, 6.45) is 3.31. The van der Waals surface area contributed by atoms with E-state index in [1.165, 1.54) is 18.2 Å². The van der Waals surface area contributed by atoms with E-state index in [9.17, 15) is 14.9 Å². The zero-order valence-corrected chi connectivity index (χ0v) is 14.3. The second-order valence-electron chi connectivity index (χ2n) is 5.41. The van der Waals surface area contributed by atoms with Gasteiger partial charge in [-0.1, -0.05) is 19.9 Å². The first-order chi connectivity index (χ1) is 12.0. The summed E-state index contributed by atoms with van der Waals surface area (Å²) in [7, 11) is 0. The molecule has 0 aliphatic heterocycles. The molecule has 2 aromatic rings. The zero-order valence-electron chi connectivity index (χ0n) is 14.3. The van der Waals surface area contributed by atoms with Crippen LogP contribution in [0.1, 0.15) is 13.8 Å². The van der Waals surface area contributed by atoms with E-state index in [-0.39, 0.29) is 5.69 Å². The van der Waals surface area contributed by atoms with Gasteiger partial charge in [-0.15, -0.1) is 0 Å². The van der Waals surface area contributed by atoms with E-state index in [2.05, 4.69) is 34.5 Å². The molecule has 0 spiro atoms. The number of hydrogen-bond acceptors (Lipinski definition) is 5.